The van der Waals surface area contributed by atoms with Gasteiger partial charge in [-0.1, -0.05) is 19.4 Å². The van der Waals surface area contributed by atoms with Crippen LogP contribution in [-0.4, -0.2) is 27.5 Å². The summed E-state index contributed by atoms with van der Waals surface area (Å²) in [5, 5.41) is 12.1. The largest absolute Gasteiger partial charge is 0.480 e. The summed E-state index contributed by atoms with van der Waals surface area (Å²) in [6.45, 7) is 3.48. The number of pyridine rings is 1. The molecule has 0 aliphatic carbocycles. The second-order valence-corrected chi connectivity index (χ2v) is 4.28. The Bertz CT molecular complexity index is 462. The number of primary amides is 1. The molecule has 0 aromatic carbocycles. The third-order valence-corrected chi connectivity index (χ3v) is 2.63. The number of nitrogens with one attached hydrogen (secondary N) is 1. The number of nitrogens with zero attached hydrogens (tertiary/aromatic N) is 1. The summed E-state index contributed by atoms with van der Waals surface area (Å²) in [6, 6.07) is 4.68. The minimum Gasteiger partial charge on any atom is -0.480 e. The summed E-state index contributed by atoms with van der Waals surface area (Å²) >= 11 is 0. The second-order valence-electron chi connectivity index (χ2n) is 4.28. The van der Waals surface area contributed by atoms with Crippen molar-refractivity contribution in [1.82, 2.24) is 4.98 Å². The topological polar surface area (TPSA) is 105 Å². The molecule has 98 valence electrons. The Morgan fingerprint density at radius 2 is 2.17 bits per heavy atom. The van der Waals surface area contributed by atoms with Crippen molar-refractivity contribution >= 4 is 17.7 Å². The summed E-state index contributed by atoms with van der Waals surface area (Å²) < 4.78 is 0. The molecule has 0 spiro atoms. The lowest BCUT2D eigenvalue weighted by molar-refractivity contribution is -0.142. The Hall–Kier alpha value is -2.11. The third kappa shape index (κ3) is 3.19. The highest BCUT2D eigenvalue weighted by Crippen LogP contribution is 2.19. The quantitative estimate of drug-likeness (QED) is 0.705. The Balaban J connectivity index is 2.97. The molecule has 0 bridgehead atoms. The van der Waals surface area contributed by atoms with Crippen molar-refractivity contribution in [2.45, 2.75) is 32.2 Å². The van der Waals surface area contributed by atoms with Gasteiger partial charge in [0.05, 0.1) is 0 Å². The first-order valence-corrected chi connectivity index (χ1v) is 5.67. The Morgan fingerprint density at radius 3 is 2.67 bits per heavy atom. The van der Waals surface area contributed by atoms with E-state index in [0.29, 0.717) is 18.7 Å². The van der Waals surface area contributed by atoms with Crippen LogP contribution in [0.3, 0.4) is 0 Å². The van der Waals surface area contributed by atoms with E-state index < -0.39 is 17.4 Å². The summed E-state index contributed by atoms with van der Waals surface area (Å²) in [5.74, 6) is -1.29. The van der Waals surface area contributed by atoms with Gasteiger partial charge in [-0.15, -0.1) is 0 Å². The van der Waals surface area contributed by atoms with Crippen molar-refractivity contribution < 1.29 is 14.7 Å². The molecule has 6 heteroatoms. The molecule has 1 unspecified atom stereocenters. The van der Waals surface area contributed by atoms with Gasteiger partial charge in [0.2, 0.25) is 0 Å². The van der Waals surface area contributed by atoms with Gasteiger partial charge in [-0.2, -0.15) is 0 Å². The molecule has 6 nitrogen and oxygen atoms in total. The Morgan fingerprint density at radius 1 is 1.50 bits per heavy atom. The van der Waals surface area contributed by atoms with E-state index in [4.69, 9.17) is 5.73 Å². The number of aliphatic carboxylic acids is 1. The lowest BCUT2D eigenvalue weighted by Crippen LogP contribution is -2.43. The average molecular weight is 251 g/mol. The van der Waals surface area contributed by atoms with Crippen molar-refractivity contribution in [1.29, 1.82) is 0 Å². The standard InChI is InChI=1S/C12H17N3O3/c1-3-7-12(2,11(17)18)15-9-6-4-5-8(14-9)10(13)16/h4-6H,3,7H2,1-2H3,(H2,13,16)(H,14,15)(H,17,18). The molecule has 0 saturated carbocycles. The zero-order valence-corrected chi connectivity index (χ0v) is 10.4. The van der Waals surface area contributed by atoms with Gasteiger partial charge >= 0.3 is 5.97 Å². The molecule has 0 aliphatic rings. The number of nitrogens with two attached hydrogens (primary N) is 1. The van der Waals surface area contributed by atoms with Gasteiger partial charge in [-0.3, -0.25) is 4.79 Å². The fraction of sp³-hybridized carbons (Fsp3) is 0.417. The lowest BCUT2D eigenvalue weighted by Gasteiger charge is -2.26. The van der Waals surface area contributed by atoms with E-state index in [1.54, 1.807) is 19.1 Å². The van der Waals surface area contributed by atoms with Crippen LogP contribution in [0.25, 0.3) is 0 Å². The van der Waals surface area contributed by atoms with E-state index in [1.807, 2.05) is 6.92 Å². The maximum absolute atomic E-state index is 11.3. The van der Waals surface area contributed by atoms with Gasteiger partial charge in [0.1, 0.15) is 17.1 Å². The SMILES string of the molecule is CCCC(C)(Nc1cccc(C(N)=O)n1)C(=O)O. The molecule has 1 heterocycles. The molecule has 18 heavy (non-hydrogen) atoms. The zero-order valence-electron chi connectivity index (χ0n) is 10.4. The molecule has 1 atom stereocenters. The molecule has 0 radical (unpaired) electrons. The van der Waals surface area contributed by atoms with E-state index in [2.05, 4.69) is 10.3 Å². The summed E-state index contributed by atoms with van der Waals surface area (Å²) in [4.78, 5) is 26.2. The van der Waals surface area contributed by atoms with Gasteiger partial charge in [-0.05, 0) is 25.5 Å². The first kappa shape index (κ1) is 14.0. The maximum atomic E-state index is 11.3. The number of hydrogen-bond donors (Lipinski definition) is 3. The fourth-order valence-corrected chi connectivity index (χ4v) is 1.65. The summed E-state index contributed by atoms with van der Waals surface area (Å²) in [5.41, 5.74) is 4.11. The van der Waals surface area contributed by atoms with Gasteiger partial charge in [-0.25, -0.2) is 9.78 Å². The molecule has 1 aromatic rings. The van der Waals surface area contributed by atoms with Crippen LogP contribution in [0.2, 0.25) is 0 Å². The number of carboxylic acids is 1. The molecular weight excluding hydrogens is 234 g/mol. The number of hydrogen-bond acceptors (Lipinski definition) is 4. The van der Waals surface area contributed by atoms with Gasteiger partial charge in [0.25, 0.3) is 5.91 Å². The minimum absolute atomic E-state index is 0.101. The van der Waals surface area contributed by atoms with Crippen molar-refractivity contribution in [3.63, 3.8) is 0 Å². The highest BCUT2D eigenvalue weighted by atomic mass is 16.4. The molecule has 1 rings (SSSR count). The number of carbonyl (C=O) groups excluding carboxylic acids is 1. The van der Waals surface area contributed by atoms with Crippen molar-refractivity contribution in [3.05, 3.63) is 23.9 Å². The van der Waals surface area contributed by atoms with E-state index in [9.17, 15) is 14.7 Å². The minimum atomic E-state index is -1.11. The third-order valence-electron chi connectivity index (χ3n) is 2.63. The first-order valence-electron chi connectivity index (χ1n) is 5.67. The van der Waals surface area contributed by atoms with E-state index in [1.165, 1.54) is 6.07 Å². The summed E-state index contributed by atoms with van der Waals surface area (Å²) in [7, 11) is 0. The Kier molecular flexibility index (Phi) is 4.25. The number of carbonyl (C=O) groups is 2. The first-order chi connectivity index (χ1) is 8.39. The van der Waals surface area contributed by atoms with Crippen LogP contribution in [0.4, 0.5) is 5.82 Å². The number of carboxylic acid groups (broad SMARTS) is 1. The fourth-order valence-electron chi connectivity index (χ4n) is 1.65. The monoisotopic (exact) mass is 251 g/mol. The van der Waals surface area contributed by atoms with Crippen LogP contribution in [0.15, 0.2) is 18.2 Å². The van der Waals surface area contributed by atoms with Crippen molar-refractivity contribution in [3.8, 4) is 0 Å². The highest BCUT2D eigenvalue weighted by Gasteiger charge is 2.32. The van der Waals surface area contributed by atoms with E-state index in [0.717, 1.165) is 0 Å². The lowest BCUT2D eigenvalue weighted by atomic mass is 9.96. The molecule has 0 saturated heterocycles. The zero-order chi connectivity index (χ0) is 13.8. The van der Waals surface area contributed by atoms with Crippen LogP contribution in [0.1, 0.15) is 37.2 Å². The second kappa shape index (κ2) is 5.48. The smallest absolute Gasteiger partial charge is 0.329 e. The highest BCUT2D eigenvalue weighted by molar-refractivity contribution is 5.91. The predicted molar refractivity (Wildman–Crippen MR) is 67.3 cm³/mol. The van der Waals surface area contributed by atoms with Crippen LogP contribution >= 0.6 is 0 Å². The molecule has 1 amide bonds. The van der Waals surface area contributed by atoms with Crippen molar-refractivity contribution in [2.24, 2.45) is 5.73 Å². The van der Waals surface area contributed by atoms with E-state index in [-0.39, 0.29) is 5.69 Å². The molecule has 0 fully saturated rings. The summed E-state index contributed by atoms with van der Waals surface area (Å²) in [6.07, 6.45) is 1.16. The molecule has 4 N–H and O–H groups in total. The van der Waals surface area contributed by atoms with Gasteiger partial charge < -0.3 is 16.2 Å². The average Bonchev–Trinajstić information content (AvgIpc) is 2.29. The number of anilines is 1. The Labute approximate surface area is 105 Å². The molecule has 1 aromatic heterocycles. The van der Waals surface area contributed by atoms with E-state index >= 15 is 0 Å². The normalized spacial score (nSPS) is 13.7. The van der Waals surface area contributed by atoms with Crippen LogP contribution in [-0.2, 0) is 4.79 Å². The van der Waals surface area contributed by atoms with Gasteiger partial charge in [0.15, 0.2) is 0 Å². The van der Waals surface area contributed by atoms with Crippen LogP contribution in [0, 0.1) is 0 Å². The molecular formula is C12H17N3O3. The number of rotatable bonds is 6. The predicted octanol–water partition coefficient (Wildman–Crippen LogP) is 1.24. The number of amides is 1. The van der Waals surface area contributed by atoms with Gasteiger partial charge in [0, 0.05) is 0 Å². The van der Waals surface area contributed by atoms with Crippen molar-refractivity contribution in [2.75, 3.05) is 5.32 Å². The van der Waals surface area contributed by atoms with Crippen LogP contribution < -0.4 is 11.1 Å². The maximum Gasteiger partial charge on any atom is 0.329 e. The van der Waals surface area contributed by atoms with Crippen LogP contribution in [0.5, 0.6) is 0 Å². The number of aromatic nitrogens is 1. The molecule has 0 aliphatic heterocycles.